The first kappa shape index (κ1) is 14.6. The van der Waals surface area contributed by atoms with Gasteiger partial charge in [0.05, 0.1) is 12.2 Å². The molecule has 2 aromatic rings. The Balaban J connectivity index is 2.13. The summed E-state index contributed by atoms with van der Waals surface area (Å²) in [4.78, 5) is 25.6. The van der Waals surface area contributed by atoms with Crippen molar-refractivity contribution in [1.29, 1.82) is 0 Å². The molecule has 0 saturated carbocycles. The number of ether oxygens (including phenoxy) is 1. The van der Waals surface area contributed by atoms with Gasteiger partial charge in [-0.1, -0.05) is 32.0 Å². The topological polar surface area (TPSA) is 46.6 Å². The third-order valence-corrected chi connectivity index (χ3v) is 4.41. The van der Waals surface area contributed by atoms with Crippen LogP contribution >= 0.6 is 0 Å². The quantitative estimate of drug-likeness (QED) is 0.816. The molecule has 2 aromatic carbocycles. The summed E-state index contributed by atoms with van der Waals surface area (Å²) in [6.45, 7) is 6.41. The summed E-state index contributed by atoms with van der Waals surface area (Å²) in [7, 11) is 1.98. The van der Waals surface area contributed by atoms with Gasteiger partial charge < -0.3 is 9.64 Å². The first-order chi connectivity index (χ1) is 10.4. The maximum Gasteiger partial charge on any atom is 0.268 e. The summed E-state index contributed by atoms with van der Waals surface area (Å²) >= 11 is 0. The van der Waals surface area contributed by atoms with Crippen LogP contribution in [0.4, 0.5) is 5.69 Å². The van der Waals surface area contributed by atoms with Crippen molar-refractivity contribution in [1.82, 2.24) is 0 Å². The maximum atomic E-state index is 11.9. The Bertz CT molecular complexity index is 838. The number of likely N-dealkylation sites (N-methyl/N-ethyl adjacent to an activating group) is 1. The van der Waals surface area contributed by atoms with Crippen LogP contribution in [0.15, 0.2) is 39.6 Å². The van der Waals surface area contributed by atoms with Gasteiger partial charge in [0.2, 0.25) is 5.43 Å². The smallest absolute Gasteiger partial charge is 0.268 e. The fourth-order valence-electron chi connectivity index (χ4n) is 3.20. The van der Waals surface area contributed by atoms with Gasteiger partial charge in [-0.05, 0) is 24.6 Å². The summed E-state index contributed by atoms with van der Waals surface area (Å²) in [5.41, 5.74) is 2.49. The van der Waals surface area contributed by atoms with E-state index in [-0.39, 0.29) is 11.2 Å². The van der Waals surface area contributed by atoms with Crippen molar-refractivity contribution in [3.8, 4) is 5.75 Å². The zero-order valence-electron chi connectivity index (χ0n) is 13.3. The fourth-order valence-corrected chi connectivity index (χ4v) is 3.20. The van der Waals surface area contributed by atoms with E-state index < -0.39 is 10.9 Å². The number of fused-ring (bicyclic) bond motifs is 1. The largest absolute Gasteiger partial charge is 0.489 e. The number of allylic oxidation sites excluding steroid dienone is 1. The SMILES string of the molecule is CCOc1c(/C=C2/N(C)c3ccccc3C2(C)C)c(=O)c1=O. The Labute approximate surface area is 129 Å². The molecule has 0 radical (unpaired) electrons. The van der Waals surface area contributed by atoms with Crippen molar-refractivity contribution in [2.24, 2.45) is 0 Å². The molecule has 3 rings (SSSR count). The molecule has 22 heavy (non-hydrogen) atoms. The zero-order valence-corrected chi connectivity index (χ0v) is 13.3. The van der Waals surface area contributed by atoms with E-state index in [1.165, 1.54) is 5.56 Å². The molecule has 1 aliphatic rings. The van der Waals surface area contributed by atoms with Crippen LogP contribution in [0.3, 0.4) is 0 Å². The van der Waals surface area contributed by atoms with Gasteiger partial charge in [-0.2, -0.15) is 0 Å². The van der Waals surface area contributed by atoms with Gasteiger partial charge in [0.1, 0.15) is 0 Å². The van der Waals surface area contributed by atoms with Gasteiger partial charge in [-0.3, -0.25) is 9.59 Å². The van der Waals surface area contributed by atoms with Crippen molar-refractivity contribution < 1.29 is 4.74 Å². The summed E-state index contributed by atoms with van der Waals surface area (Å²) in [5, 5.41) is 0. The van der Waals surface area contributed by atoms with Gasteiger partial charge in [-0.25, -0.2) is 0 Å². The van der Waals surface area contributed by atoms with Crippen LogP contribution in [0, 0.1) is 0 Å². The van der Waals surface area contributed by atoms with E-state index in [0.29, 0.717) is 12.2 Å². The minimum Gasteiger partial charge on any atom is -0.489 e. The first-order valence-electron chi connectivity index (χ1n) is 7.41. The average Bonchev–Trinajstić information content (AvgIpc) is 2.71. The monoisotopic (exact) mass is 297 g/mol. The van der Waals surface area contributed by atoms with Crippen molar-refractivity contribution in [3.05, 3.63) is 61.5 Å². The molecule has 4 heteroatoms. The molecule has 0 aromatic heterocycles. The van der Waals surface area contributed by atoms with Crippen LogP contribution < -0.4 is 20.5 Å². The second-order valence-electron chi connectivity index (χ2n) is 6.06. The number of para-hydroxylation sites is 1. The highest BCUT2D eigenvalue weighted by atomic mass is 16.5. The molecular weight excluding hydrogens is 278 g/mol. The molecule has 0 spiro atoms. The maximum absolute atomic E-state index is 11.9. The lowest BCUT2D eigenvalue weighted by atomic mass is 9.83. The Hall–Kier alpha value is -2.36. The van der Waals surface area contributed by atoms with E-state index in [1.807, 2.05) is 19.2 Å². The van der Waals surface area contributed by atoms with Crippen LogP contribution in [0.25, 0.3) is 6.08 Å². The number of rotatable bonds is 3. The molecule has 0 amide bonds. The lowest BCUT2D eigenvalue weighted by molar-refractivity contribution is 0.332. The van der Waals surface area contributed by atoms with E-state index in [0.717, 1.165) is 11.4 Å². The fraction of sp³-hybridized carbons (Fsp3) is 0.333. The third-order valence-electron chi connectivity index (χ3n) is 4.41. The Morgan fingerprint density at radius 2 is 1.86 bits per heavy atom. The van der Waals surface area contributed by atoms with E-state index in [2.05, 4.69) is 30.9 Å². The molecule has 0 fully saturated rings. The molecule has 114 valence electrons. The first-order valence-corrected chi connectivity index (χ1v) is 7.41. The molecule has 0 aliphatic carbocycles. The zero-order chi connectivity index (χ0) is 16.1. The van der Waals surface area contributed by atoms with E-state index in [9.17, 15) is 9.59 Å². The Morgan fingerprint density at radius 1 is 1.18 bits per heavy atom. The normalized spacial score (nSPS) is 18.0. The van der Waals surface area contributed by atoms with Gasteiger partial charge in [0, 0.05) is 23.8 Å². The molecule has 4 nitrogen and oxygen atoms in total. The van der Waals surface area contributed by atoms with Crippen LogP contribution in [0.1, 0.15) is 31.9 Å². The highest BCUT2D eigenvalue weighted by molar-refractivity contribution is 5.77. The minimum absolute atomic E-state index is 0.195. The molecule has 0 N–H and O–H groups in total. The minimum atomic E-state index is -0.523. The second-order valence-corrected chi connectivity index (χ2v) is 6.06. The summed E-state index contributed by atoms with van der Waals surface area (Å²) in [6.07, 6.45) is 1.80. The van der Waals surface area contributed by atoms with E-state index in [4.69, 9.17) is 4.74 Å². The molecular formula is C18H19NO3. The Kier molecular flexibility index (Phi) is 3.20. The van der Waals surface area contributed by atoms with Crippen LogP contribution in [0.2, 0.25) is 0 Å². The summed E-state index contributed by atoms with van der Waals surface area (Å²) < 4.78 is 5.31. The highest BCUT2D eigenvalue weighted by Gasteiger charge is 2.39. The molecule has 1 aliphatic heterocycles. The van der Waals surface area contributed by atoms with Gasteiger partial charge >= 0.3 is 0 Å². The van der Waals surface area contributed by atoms with Crippen LogP contribution in [-0.2, 0) is 5.41 Å². The number of hydrogen-bond acceptors (Lipinski definition) is 4. The van der Waals surface area contributed by atoms with Crippen molar-refractivity contribution >= 4 is 11.8 Å². The molecule has 1 heterocycles. The van der Waals surface area contributed by atoms with E-state index >= 15 is 0 Å². The predicted molar refractivity (Wildman–Crippen MR) is 88.4 cm³/mol. The molecule has 0 unspecified atom stereocenters. The van der Waals surface area contributed by atoms with E-state index in [1.54, 1.807) is 13.0 Å². The molecule has 0 saturated heterocycles. The molecule has 0 atom stereocenters. The van der Waals surface area contributed by atoms with Crippen molar-refractivity contribution in [2.75, 3.05) is 18.6 Å². The van der Waals surface area contributed by atoms with Gasteiger partial charge in [0.25, 0.3) is 5.43 Å². The summed E-state index contributed by atoms with van der Waals surface area (Å²) in [5.74, 6) is 0.195. The summed E-state index contributed by atoms with van der Waals surface area (Å²) in [6, 6.07) is 8.17. The number of benzene rings is 1. The van der Waals surface area contributed by atoms with Gasteiger partial charge in [-0.15, -0.1) is 0 Å². The third kappa shape index (κ3) is 1.83. The average molecular weight is 297 g/mol. The van der Waals surface area contributed by atoms with Crippen LogP contribution in [0.5, 0.6) is 5.75 Å². The number of hydrogen-bond donors (Lipinski definition) is 0. The predicted octanol–water partition coefficient (Wildman–Crippen LogP) is 2.45. The molecule has 0 bridgehead atoms. The highest BCUT2D eigenvalue weighted by Crippen LogP contribution is 2.47. The number of nitrogens with zero attached hydrogens (tertiary/aromatic N) is 1. The van der Waals surface area contributed by atoms with Crippen molar-refractivity contribution in [3.63, 3.8) is 0 Å². The lowest BCUT2D eigenvalue weighted by Gasteiger charge is -2.24. The standard InChI is InChI=1S/C18H19NO3/c1-5-22-17-11(15(20)16(17)21)10-14-18(2,3)12-8-6-7-9-13(12)19(14)4/h6-10H,5H2,1-4H3/b14-10+. The van der Waals surface area contributed by atoms with Gasteiger partial charge in [0.15, 0.2) is 5.75 Å². The second kappa shape index (κ2) is 4.83. The van der Waals surface area contributed by atoms with Crippen molar-refractivity contribution in [2.45, 2.75) is 26.2 Å². The Morgan fingerprint density at radius 3 is 2.50 bits per heavy atom. The van der Waals surface area contributed by atoms with Crippen LogP contribution in [-0.4, -0.2) is 13.7 Å². The number of anilines is 1. The lowest BCUT2D eigenvalue weighted by Crippen LogP contribution is -2.36.